The Hall–Kier alpha value is -2.02. The van der Waals surface area contributed by atoms with Crippen LogP contribution >= 0.6 is 0 Å². The molecule has 1 aromatic heterocycles. The van der Waals surface area contributed by atoms with Crippen molar-refractivity contribution in [3.05, 3.63) is 59.7 Å². The molecule has 3 aromatic rings. The van der Waals surface area contributed by atoms with Gasteiger partial charge >= 0.3 is 0 Å². The van der Waals surface area contributed by atoms with E-state index in [1.54, 1.807) is 0 Å². The van der Waals surface area contributed by atoms with Gasteiger partial charge in [-0.05, 0) is 37.1 Å². The van der Waals surface area contributed by atoms with Crippen molar-refractivity contribution in [2.45, 2.75) is 13.8 Å². The van der Waals surface area contributed by atoms with Crippen LogP contribution in [0, 0.1) is 13.8 Å². The third-order valence-corrected chi connectivity index (χ3v) is 3.55. The fourth-order valence-corrected chi connectivity index (χ4v) is 2.44. The topological polar surface area (TPSA) is 4.93 Å². The number of aryl methyl sites for hydroxylation is 3. The maximum absolute atomic E-state index is 2.27. The predicted molar refractivity (Wildman–Crippen MR) is 77.8 cm³/mol. The number of fused-ring (bicyclic) bond motifs is 1. The number of aromatic nitrogens is 1. The lowest BCUT2D eigenvalue weighted by Gasteiger charge is -2.05. The summed E-state index contributed by atoms with van der Waals surface area (Å²) in [6.45, 7) is 4.26. The molecule has 3 rings (SSSR count). The smallest absolute Gasteiger partial charge is 0.0488 e. The summed E-state index contributed by atoms with van der Waals surface area (Å²) in [5.74, 6) is 0. The van der Waals surface area contributed by atoms with Gasteiger partial charge in [0.15, 0.2) is 0 Å². The van der Waals surface area contributed by atoms with Crippen molar-refractivity contribution in [3.8, 4) is 11.3 Å². The molecule has 1 heteroatoms. The van der Waals surface area contributed by atoms with Crippen molar-refractivity contribution in [1.29, 1.82) is 0 Å². The zero-order valence-corrected chi connectivity index (χ0v) is 11.1. The first-order chi connectivity index (χ1) is 8.65. The van der Waals surface area contributed by atoms with E-state index >= 15 is 0 Å². The summed E-state index contributed by atoms with van der Waals surface area (Å²) in [5, 5.41) is 1.30. The molecule has 2 aromatic carbocycles. The lowest BCUT2D eigenvalue weighted by molar-refractivity contribution is 0.977. The van der Waals surface area contributed by atoms with Gasteiger partial charge in [0.05, 0.1) is 0 Å². The molecule has 0 unspecified atom stereocenters. The van der Waals surface area contributed by atoms with Crippen LogP contribution in [0.3, 0.4) is 0 Å². The molecule has 18 heavy (non-hydrogen) atoms. The van der Waals surface area contributed by atoms with Gasteiger partial charge in [0.1, 0.15) is 0 Å². The first-order valence-electron chi connectivity index (χ1n) is 6.28. The first kappa shape index (κ1) is 11.1. The molecule has 0 atom stereocenters. The molecule has 0 saturated carbocycles. The van der Waals surface area contributed by atoms with Crippen LogP contribution in [0.5, 0.6) is 0 Å². The predicted octanol–water partition coefficient (Wildman–Crippen LogP) is 4.46. The summed E-state index contributed by atoms with van der Waals surface area (Å²) in [6, 6.07) is 17.6. The van der Waals surface area contributed by atoms with Crippen molar-refractivity contribution >= 4 is 10.9 Å². The molecule has 0 fully saturated rings. The summed E-state index contributed by atoms with van der Waals surface area (Å²) in [4.78, 5) is 0. The van der Waals surface area contributed by atoms with Gasteiger partial charge in [-0.3, -0.25) is 0 Å². The number of hydrogen-bond acceptors (Lipinski definition) is 0. The second-order valence-corrected chi connectivity index (χ2v) is 5.02. The highest BCUT2D eigenvalue weighted by molar-refractivity contribution is 5.87. The highest BCUT2D eigenvalue weighted by Gasteiger charge is 2.07. The Bertz CT molecular complexity index is 702. The van der Waals surface area contributed by atoms with Gasteiger partial charge in [0.2, 0.25) is 0 Å². The first-order valence-corrected chi connectivity index (χ1v) is 6.28. The summed E-state index contributed by atoms with van der Waals surface area (Å²) >= 11 is 0. The lowest BCUT2D eigenvalue weighted by Crippen LogP contribution is -1.91. The number of hydrogen-bond donors (Lipinski definition) is 0. The SMILES string of the molecule is Cc1ccc(-c2cc3ccc(C)cc3n2C)cc1. The molecule has 0 saturated heterocycles. The summed E-state index contributed by atoms with van der Waals surface area (Å²) < 4.78 is 2.27. The lowest BCUT2D eigenvalue weighted by atomic mass is 10.1. The molecule has 0 aliphatic heterocycles. The zero-order chi connectivity index (χ0) is 12.7. The number of benzene rings is 2. The molecule has 0 aliphatic carbocycles. The van der Waals surface area contributed by atoms with E-state index in [0.29, 0.717) is 0 Å². The van der Waals surface area contributed by atoms with Crippen LogP contribution in [0.4, 0.5) is 0 Å². The normalized spacial score (nSPS) is 11.1. The highest BCUT2D eigenvalue weighted by Crippen LogP contribution is 2.27. The van der Waals surface area contributed by atoms with Crippen LogP contribution in [0.1, 0.15) is 11.1 Å². The molecule has 0 bridgehead atoms. The van der Waals surface area contributed by atoms with Crippen molar-refractivity contribution in [2.24, 2.45) is 7.05 Å². The quantitative estimate of drug-likeness (QED) is 0.586. The van der Waals surface area contributed by atoms with Gasteiger partial charge in [-0.15, -0.1) is 0 Å². The van der Waals surface area contributed by atoms with E-state index in [0.717, 1.165) is 0 Å². The zero-order valence-electron chi connectivity index (χ0n) is 11.1. The van der Waals surface area contributed by atoms with E-state index < -0.39 is 0 Å². The second kappa shape index (κ2) is 4.02. The average molecular weight is 235 g/mol. The number of nitrogens with zero attached hydrogens (tertiary/aromatic N) is 1. The number of rotatable bonds is 1. The van der Waals surface area contributed by atoms with Gasteiger partial charge in [-0.1, -0.05) is 42.0 Å². The van der Waals surface area contributed by atoms with Crippen LogP contribution in [0.25, 0.3) is 22.2 Å². The van der Waals surface area contributed by atoms with E-state index in [-0.39, 0.29) is 0 Å². The Morgan fingerprint density at radius 1 is 0.778 bits per heavy atom. The van der Waals surface area contributed by atoms with Crippen LogP contribution in [-0.2, 0) is 7.05 Å². The van der Waals surface area contributed by atoms with E-state index in [1.165, 1.54) is 33.3 Å². The van der Waals surface area contributed by atoms with E-state index in [4.69, 9.17) is 0 Å². The molecule has 90 valence electrons. The Balaban J connectivity index is 2.23. The molecule has 0 amide bonds. The molecule has 0 spiro atoms. The third kappa shape index (κ3) is 1.72. The Kier molecular flexibility index (Phi) is 2.48. The minimum absolute atomic E-state index is 1.27. The molecule has 0 radical (unpaired) electrons. The third-order valence-electron chi connectivity index (χ3n) is 3.55. The van der Waals surface area contributed by atoms with Crippen LogP contribution in [-0.4, -0.2) is 4.57 Å². The van der Waals surface area contributed by atoms with E-state index in [1.807, 2.05) is 0 Å². The van der Waals surface area contributed by atoms with Gasteiger partial charge in [-0.25, -0.2) is 0 Å². The van der Waals surface area contributed by atoms with E-state index in [9.17, 15) is 0 Å². The molecule has 1 heterocycles. The van der Waals surface area contributed by atoms with Gasteiger partial charge in [0.25, 0.3) is 0 Å². The summed E-state index contributed by atoms with van der Waals surface area (Å²) in [6.07, 6.45) is 0. The maximum atomic E-state index is 2.27. The van der Waals surface area contributed by atoms with E-state index in [2.05, 4.69) is 74.0 Å². The molecule has 0 aliphatic rings. The van der Waals surface area contributed by atoms with Crippen LogP contribution in [0.15, 0.2) is 48.5 Å². The average Bonchev–Trinajstić information content (AvgIpc) is 2.68. The molecular formula is C17H17N. The Labute approximate surface area is 108 Å². The maximum Gasteiger partial charge on any atom is 0.0488 e. The summed E-state index contributed by atoms with van der Waals surface area (Å²) in [7, 11) is 2.14. The largest absolute Gasteiger partial charge is 0.344 e. The van der Waals surface area contributed by atoms with Gasteiger partial charge < -0.3 is 4.57 Å². The highest BCUT2D eigenvalue weighted by atomic mass is 14.9. The van der Waals surface area contributed by atoms with Crippen LogP contribution in [0.2, 0.25) is 0 Å². The molecule has 0 N–H and O–H groups in total. The van der Waals surface area contributed by atoms with Gasteiger partial charge in [-0.2, -0.15) is 0 Å². The molecular weight excluding hydrogens is 218 g/mol. The van der Waals surface area contributed by atoms with Crippen molar-refractivity contribution in [1.82, 2.24) is 4.57 Å². The van der Waals surface area contributed by atoms with Crippen molar-refractivity contribution < 1.29 is 0 Å². The fraction of sp³-hybridized carbons (Fsp3) is 0.176. The fourth-order valence-electron chi connectivity index (χ4n) is 2.44. The Morgan fingerprint density at radius 2 is 1.44 bits per heavy atom. The van der Waals surface area contributed by atoms with Gasteiger partial charge in [0, 0.05) is 23.6 Å². The van der Waals surface area contributed by atoms with Crippen LogP contribution < -0.4 is 0 Å². The van der Waals surface area contributed by atoms with Crippen molar-refractivity contribution in [2.75, 3.05) is 0 Å². The molecule has 1 nitrogen and oxygen atoms in total. The van der Waals surface area contributed by atoms with Crippen molar-refractivity contribution in [3.63, 3.8) is 0 Å². The second-order valence-electron chi connectivity index (χ2n) is 5.02. The Morgan fingerprint density at radius 3 is 2.17 bits per heavy atom. The monoisotopic (exact) mass is 235 g/mol. The summed E-state index contributed by atoms with van der Waals surface area (Å²) in [5.41, 5.74) is 6.45. The minimum atomic E-state index is 1.27. The minimum Gasteiger partial charge on any atom is -0.344 e. The standard InChI is InChI=1S/C17H17N/c1-12-4-7-14(8-5-12)17-11-15-9-6-13(2)10-16(15)18(17)3/h4-11H,1-3H3.